The Labute approximate surface area is 132 Å². The van der Waals surface area contributed by atoms with Gasteiger partial charge in [0.15, 0.2) is 0 Å². The highest BCUT2D eigenvalue weighted by Gasteiger charge is 2.19. The zero-order chi connectivity index (χ0) is 15.5. The Hall–Kier alpha value is -0.840. The minimum Gasteiger partial charge on any atom is -0.474 e. The van der Waals surface area contributed by atoms with Crippen molar-refractivity contribution < 1.29 is 4.74 Å². The van der Waals surface area contributed by atoms with Gasteiger partial charge in [0.1, 0.15) is 6.10 Å². The van der Waals surface area contributed by atoms with Crippen LogP contribution in [0.2, 0.25) is 5.02 Å². The first-order valence-electron chi connectivity index (χ1n) is 7.58. The van der Waals surface area contributed by atoms with E-state index in [1.54, 1.807) is 6.20 Å². The van der Waals surface area contributed by atoms with Crippen molar-refractivity contribution in [3.63, 3.8) is 0 Å². The summed E-state index contributed by atoms with van der Waals surface area (Å²) in [6, 6.07) is 1.96. The van der Waals surface area contributed by atoms with E-state index in [4.69, 9.17) is 16.3 Å². The summed E-state index contributed by atoms with van der Waals surface area (Å²) in [4.78, 5) is 6.63. The molecule has 4 nitrogen and oxygen atoms in total. The molecule has 0 unspecified atom stereocenters. The second kappa shape index (κ2) is 6.95. The Bertz CT molecular complexity index is 465. The number of nitrogens with zero attached hydrogens (tertiary/aromatic N) is 2. The molecule has 1 aromatic rings. The lowest BCUT2D eigenvalue weighted by molar-refractivity contribution is 0.110. The zero-order valence-corrected chi connectivity index (χ0v) is 14.2. The van der Waals surface area contributed by atoms with E-state index in [2.05, 4.69) is 43.0 Å². The lowest BCUT2D eigenvalue weighted by atomic mass is 10.1. The lowest BCUT2D eigenvalue weighted by Gasteiger charge is -2.29. The zero-order valence-electron chi connectivity index (χ0n) is 13.4. The van der Waals surface area contributed by atoms with E-state index in [0.717, 1.165) is 31.5 Å². The fourth-order valence-electron chi connectivity index (χ4n) is 2.29. The highest BCUT2D eigenvalue weighted by atomic mass is 35.5. The van der Waals surface area contributed by atoms with Crippen molar-refractivity contribution in [3.05, 3.63) is 22.8 Å². The molecule has 5 heteroatoms. The Balaban J connectivity index is 1.97. The minimum absolute atomic E-state index is 0.0571. The monoisotopic (exact) mass is 311 g/mol. The van der Waals surface area contributed by atoms with Gasteiger partial charge in [-0.25, -0.2) is 4.98 Å². The van der Waals surface area contributed by atoms with Gasteiger partial charge >= 0.3 is 0 Å². The SMILES string of the molecule is CN1CCC(Oc2cc(CNC(C)(C)C)c(Cl)cn2)CC1. The number of pyridine rings is 1. The number of aromatic nitrogens is 1. The van der Waals surface area contributed by atoms with Gasteiger partial charge in [-0.2, -0.15) is 0 Å². The van der Waals surface area contributed by atoms with Gasteiger partial charge in [-0.3, -0.25) is 0 Å². The van der Waals surface area contributed by atoms with Gasteiger partial charge < -0.3 is 15.0 Å². The third-order valence-corrected chi connectivity index (χ3v) is 4.01. The summed E-state index contributed by atoms with van der Waals surface area (Å²) in [5.74, 6) is 0.680. The maximum Gasteiger partial charge on any atom is 0.213 e. The molecule has 1 aromatic heterocycles. The third-order valence-electron chi connectivity index (χ3n) is 3.67. The van der Waals surface area contributed by atoms with Crippen molar-refractivity contribution in [2.75, 3.05) is 20.1 Å². The number of piperidine rings is 1. The van der Waals surface area contributed by atoms with Crippen LogP contribution >= 0.6 is 11.6 Å². The smallest absolute Gasteiger partial charge is 0.213 e. The van der Waals surface area contributed by atoms with Crippen LogP contribution in [0.15, 0.2) is 12.3 Å². The van der Waals surface area contributed by atoms with E-state index in [9.17, 15) is 0 Å². The molecule has 1 saturated heterocycles. The van der Waals surface area contributed by atoms with E-state index in [1.165, 1.54) is 0 Å². The van der Waals surface area contributed by atoms with E-state index in [0.29, 0.717) is 17.4 Å². The predicted octanol–water partition coefficient (Wildman–Crippen LogP) is 3.10. The van der Waals surface area contributed by atoms with E-state index in [-0.39, 0.29) is 11.6 Å². The van der Waals surface area contributed by atoms with Crippen LogP contribution in [0.4, 0.5) is 0 Å². The van der Waals surface area contributed by atoms with Gasteiger partial charge in [0.05, 0.1) is 5.02 Å². The number of halogens is 1. The molecule has 0 saturated carbocycles. The first-order valence-corrected chi connectivity index (χ1v) is 7.96. The average Bonchev–Trinajstić information content (AvgIpc) is 2.41. The molecule has 1 aliphatic rings. The number of likely N-dealkylation sites (tertiary alicyclic amines) is 1. The quantitative estimate of drug-likeness (QED) is 0.927. The Morgan fingerprint density at radius 3 is 2.67 bits per heavy atom. The molecule has 0 atom stereocenters. The molecule has 1 fully saturated rings. The number of nitrogens with one attached hydrogen (secondary N) is 1. The van der Waals surface area contributed by atoms with E-state index in [1.807, 2.05) is 6.07 Å². The molecular formula is C16H26ClN3O. The minimum atomic E-state index is 0.0571. The van der Waals surface area contributed by atoms with Gasteiger partial charge in [-0.15, -0.1) is 0 Å². The summed E-state index contributed by atoms with van der Waals surface area (Å²) < 4.78 is 6.01. The van der Waals surface area contributed by atoms with Crippen molar-refractivity contribution in [1.82, 2.24) is 15.2 Å². The van der Waals surface area contributed by atoms with Crippen molar-refractivity contribution in [2.24, 2.45) is 0 Å². The number of ether oxygens (including phenoxy) is 1. The second-order valence-electron chi connectivity index (χ2n) is 6.84. The summed E-state index contributed by atoms with van der Waals surface area (Å²) in [5, 5.41) is 4.12. The Morgan fingerprint density at radius 2 is 2.05 bits per heavy atom. The summed E-state index contributed by atoms with van der Waals surface area (Å²) in [5.41, 5.74) is 1.09. The fraction of sp³-hybridized carbons (Fsp3) is 0.688. The first kappa shape index (κ1) is 16.5. The molecule has 0 amide bonds. The van der Waals surface area contributed by atoms with Crippen molar-refractivity contribution >= 4 is 11.6 Å². The van der Waals surface area contributed by atoms with Crippen molar-refractivity contribution in [3.8, 4) is 5.88 Å². The van der Waals surface area contributed by atoms with Crippen LogP contribution in [0.25, 0.3) is 0 Å². The van der Waals surface area contributed by atoms with Gasteiger partial charge in [0.2, 0.25) is 5.88 Å². The molecule has 21 heavy (non-hydrogen) atoms. The van der Waals surface area contributed by atoms with Gasteiger partial charge in [0, 0.05) is 37.4 Å². The molecule has 2 heterocycles. The maximum atomic E-state index is 6.22. The highest BCUT2D eigenvalue weighted by Crippen LogP contribution is 2.22. The third kappa shape index (κ3) is 5.46. The topological polar surface area (TPSA) is 37.4 Å². The Kier molecular flexibility index (Phi) is 5.47. The van der Waals surface area contributed by atoms with Crippen LogP contribution in [0, 0.1) is 0 Å². The van der Waals surface area contributed by atoms with Crippen LogP contribution in [-0.4, -0.2) is 41.7 Å². The molecule has 0 bridgehead atoms. The molecule has 1 aliphatic heterocycles. The van der Waals surface area contributed by atoms with Crippen LogP contribution in [-0.2, 0) is 6.54 Å². The summed E-state index contributed by atoms with van der Waals surface area (Å²) in [7, 11) is 2.15. The number of hydrogen-bond donors (Lipinski definition) is 1. The fourth-order valence-corrected chi connectivity index (χ4v) is 2.46. The molecular weight excluding hydrogens is 286 g/mol. The van der Waals surface area contributed by atoms with Crippen LogP contribution < -0.4 is 10.1 Å². The van der Waals surface area contributed by atoms with Gasteiger partial charge in [0.25, 0.3) is 0 Å². The number of hydrogen-bond acceptors (Lipinski definition) is 4. The Morgan fingerprint density at radius 1 is 1.38 bits per heavy atom. The van der Waals surface area contributed by atoms with E-state index >= 15 is 0 Å². The molecule has 1 N–H and O–H groups in total. The molecule has 0 aliphatic carbocycles. The van der Waals surface area contributed by atoms with Gasteiger partial charge in [-0.05, 0) is 46.2 Å². The molecule has 0 aromatic carbocycles. The molecule has 118 valence electrons. The van der Waals surface area contributed by atoms with Crippen LogP contribution in [0.5, 0.6) is 5.88 Å². The molecule has 2 rings (SSSR count). The molecule has 0 spiro atoms. The van der Waals surface area contributed by atoms with E-state index < -0.39 is 0 Å². The second-order valence-corrected chi connectivity index (χ2v) is 7.25. The highest BCUT2D eigenvalue weighted by molar-refractivity contribution is 6.31. The van der Waals surface area contributed by atoms with Crippen molar-refractivity contribution in [2.45, 2.75) is 51.8 Å². The maximum absolute atomic E-state index is 6.22. The lowest BCUT2D eigenvalue weighted by Crippen LogP contribution is -2.36. The summed E-state index contributed by atoms with van der Waals surface area (Å²) in [6.07, 6.45) is 4.05. The normalized spacial score (nSPS) is 18.0. The summed E-state index contributed by atoms with van der Waals surface area (Å²) in [6.45, 7) is 9.29. The average molecular weight is 312 g/mol. The van der Waals surface area contributed by atoms with Crippen LogP contribution in [0.1, 0.15) is 39.2 Å². The number of rotatable bonds is 4. The standard InChI is InChI=1S/C16H26ClN3O/c1-16(2,3)19-10-12-9-15(18-11-14(12)17)21-13-5-7-20(4)8-6-13/h9,11,13,19H,5-8,10H2,1-4H3. The predicted molar refractivity (Wildman–Crippen MR) is 87.0 cm³/mol. The molecule has 0 radical (unpaired) electrons. The van der Waals surface area contributed by atoms with Gasteiger partial charge in [-0.1, -0.05) is 11.6 Å². The summed E-state index contributed by atoms with van der Waals surface area (Å²) >= 11 is 6.22. The first-order chi connectivity index (χ1) is 9.83. The largest absolute Gasteiger partial charge is 0.474 e. The van der Waals surface area contributed by atoms with Crippen LogP contribution in [0.3, 0.4) is 0 Å². The van der Waals surface area contributed by atoms with Crippen molar-refractivity contribution in [1.29, 1.82) is 0 Å².